The smallest absolute Gasteiger partial charge is 0.306 e. The summed E-state index contributed by atoms with van der Waals surface area (Å²) in [5.74, 6) is -0.305. The fourth-order valence-electron chi connectivity index (χ4n) is 3.36. The molecule has 0 aliphatic carbocycles. The summed E-state index contributed by atoms with van der Waals surface area (Å²) in [6.07, 6.45) is 0.848. The van der Waals surface area contributed by atoms with E-state index in [0.29, 0.717) is 18.0 Å². The lowest BCUT2D eigenvalue weighted by Gasteiger charge is -2.40. The van der Waals surface area contributed by atoms with Crippen molar-refractivity contribution in [2.24, 2.45) is 0 Å². The van der Waals surface area contributed by atoms with Gasteiger partial charge in [0.2, 0.25) is 0 Å². The fraction of sp³-hybridized carbons (Fsp3) is 0.667. The van der Waals surface area contributed by atoms with Crippen LogP contribution in [0.3, 0.4) is 0 Å². The SMILES string of the molecule is COC(=O)CCN1CC[C@@H](O[Si](C)(C)C(C)(C)C)[C@H]1CS(=O)(=O)c1ccccc1. The van der Waals surface area contributed by atoms with Crippen molar-refractivity contribution in [2.45, 2.75) is 68.8 Å². The summed E-state index contributed by atoms with van der Waals surface area (Å²) in [6, 6.07) is 8.26. The molecule has 1 heterocycles. The van der Waals surface area contributed by atoms with E-state index in [0.717, 1.165) is 6.42 Å². The number of carbonyl (C=O) groups excluding carboxylic acids is 1. The van der Waals surface area contributed by atoms with Crippen molar-refractivity contribution in [1.82, 2.24) is 4.90 Å². The van der Waals surface area contributed by atoms with Gasteiger partial charge in [0, 0.05) is 19.1 Å². The van der Waals surface area contributed by atoms with Crippen LogP contribution >= 0.6 is 0 Å². The molecule has 0 spiro atoms. The number of carbonyl (C=O) groups is 1. The van der Waals surface area contributed by atoms with Crippen LogP contribution in [0.4, 0.5) is 0 Å². The van der Waals surface area contributed by atoms with Crippen molar-refractivity contribution in [1.29, 1.82) is 0 Å². The molecule has 1 aromatic rings. The predicted octanol–water partition coefficient (Wildman–Crippen LogP) is 3.49. The Hall–Kier alpha value is -1.22. The first-order chi connectivity index (χ1) is 13.4. The van der Waals surface area contributed by atoms with Gasteiger partial charge in [0.05, 0.1) is 30.3 Å². The summed E-state index contributed by atoms with van der Waals surface area (Å²) in [4.78, 5) is 14.0. The summed E-state index contributed by atoms with van der Waals surface area (Å²) in [5.41, 5.74) is 0. The Balaban J connectivity index is 2.25. The number of hydrogen-bond donors (Lipinski definition) is 0. The van der Waals surface area contributed by atoms with Crippen LogP contribution in [0.5, 0.6) is 0 Å². The van der Waals surface area contributed by atoms with Gasteiger partial charge in [-0.05, 0) is 36.7 Å². The normalized spacial score (nSPS) is 21.3. The first kappa shape index (κ1) is 24.1. The van der Waals surface area contributed by atoms with Crippen molar-refractivity contribution in [3.63, 3.8) is 0 Å². The molecular formula is C21H35NO5SSi. The van der Waals surface area contributed by atoms with Gasteiger partial charge in [-0.3, -0.25) is 9.69 Å². The van der Waals surface area contributed by atoms with Gasteiger partial charge in [-0.25, -0.2) is 8.42 Å². The first-order valence-corrected chi connectivity index (χ1v) is 14.7. The van der Waals surface area contributed by atoms with Crippen LogP contribution in [-0.4, -0.2) is 65.7 Å². The number of rotatable bonds is 8. The molecule has 0 unspecified atom stereocenters. The summed E-state index contributed by atoms with van der Waals surface area (Å²) in [5, 5.41) is 0.0370. The Kier molecular flexibility index (Phi) is 7.70. The van der Waals surface area contributed by atoms with Gasteiger partial charge in [-0.2, -0.15) is 0 Å². The van der Waals surface area contributed by atoms with Crippen molar-refractivity contribution >= 4 is 24.1 Å². The minimum Gasteiger partial charge on any atom is -0.469 e. The van der Waals surface area contributed by atoms with Gasteiger partial charge >= 0.3 is 5.97 Å². The average Bonchev–Trinajstić information content (AvgIpc) is 2.99. The maximum absolute atomic E-state index is 13.1. The summed E-state index contributed by atoms with van der Waals surface area (Å²) in [7, 11) is -4.16. The largest absolute Gasteiger partial charge is 0.469 e. The molecule has 164 valence electrons. The molecule has 0 radical (unpaired) electrons. The zero-order valence-electron chi connectivity index (χ0n) is 18.5. The topological polar surface area (TPSA) is 72.9 Å². The van der Waals surface area contributed by atoms with Crippen molar-refractivity contribution in [3.05, 3.63) is 30.3 Å². The highest BCUT2D eigenvalue weighted by Crippen LogP contribution is 2.39. The van der Waals surface area contributed by atoms with E-state index in [1.165, 1.54) is 7.11 Å². The van der Waals surface area contributed by atoms with E-state index < -0.39 is 18.2 Å². The highest BCUT2D eigenvalue weighted by Gasteiger charge is 2.45. The first-order valence-electron chi connectivity index (χ1n) is 10.1. The average molecular weight is 442 g/mol. The monoisotopic (exact) mass is 441 g/mol. The number of sulfone groups is 1. The lowest BCUT2D eigenvalue weighted by atomic mass is 10.2. The summed E-state index contributed by atoms with van der Waals surface area (Å²) in [6.45, 7) is 12.1. The predicted molar refractivity (Wildman–Crippen MR) is 117 cm³/mol. The van der Waals surface area contributed by atoms with Crippen LogP contribution in [0.2, 0.25) is 18.1 Å². The Morgan fingerprint density at radius 3 is 2.38 bits per heavy atom. The molecule has 0 amide bonds. The van der Waals surface area contributed by atoms with Crippen LogP contribution in [0.15, 0.2) is 35.2 Å². The quantitative estimate of drug-likeness (QED) is 0.454. The van der Waals surface area contributed by atoms with Crippen LogP contribution in [0.1, 0.15) is 33.6 Å². The van der Waals surface area contributed by atoms with Gasteiger partial charge in [0.15, 0.2) is 18.2 Å². The Labute approximate surface area is 176 Å². The van der Waals surface area contributed by atoms with E-state index in [4.69, 9.17) is 9.16 Å². The minimum absolute atomic E-state index is 0.0164. The van der Waals surface area contributed by atoms with Crippen LogP contribution in [0, 0.1) is 0 Å². The number of methoxy groups -OCH3 is 1. The molecule has 1 aliphatic rings. The van der Waals surface area contributed by atoms with E-state index in [1.807, 2.05) is 0 Å². The molecular weight excluding hydrogens is 406 g/mol. The van der Waals surface area contributed by atoms with Crippen molar-refractivity contribution in [3.8, 4) is 0 Å². The lowest BCUT2D eigenvalue weighted by molar-refractivity contribution is -0.141. The van der Waals surface area contributed by atoms with Crippen LogP contribution in [0.25, 0.3) is 0 Å². The fourth-order valence-corrected chi connectivity index (χ4v) is 6.38. The van der Waals surface area contributed by atoms with Gasteiger partial charge in [-0.15, -0.1) is 0 Å². The third-order valence-corrected chi connectivity index (χ3v) is 12.4. The molecule has 1 aromatic carbocycles. The highest BCUT2D eigenvalue weighted by atomic mass is 32.2. The molecule has 8 heteroatoms. The third-order valence-electron chi connectivity index (χ3n) is 6.17. The van der Waals surface area contributed by atoms with E-state index in [1.54, 1.807) is 30.3 Å². The summed E-state index contributed by atoms with van der Waals surface area (Å²) >= 11 is 0. The van der Waals surface area contributed by atoms with Crippen LogP contribution in [-0.2, 0) is 23.8 Å². The summed E-state index contributed by atoms with van der Waals surface area (Å²) < 4.78 is 37.5. The molecule has 2 rings (SSSR count). The second kappa shape index (κ2) is 9.28. The number of hydrogen-bond acceptors (Lipinski definition) is 6. The van der Waals surface area contributed by atoms with Gasteiger partial charge in [-0.1, -0.05) is 39.0 Å². The number of nitrogens with zero attached hydrogens (tertiary/aromatic N) is 1. The Morgan fingerprint density at radius 1 is 1.21 bits per heavy atom. The molecule has 0 bridgehead atoms. The van der Waals surface area contributed by atoms with E-state index in [-0.39, 0.29) is 35.3 Å². The van der Waals surface area contributed by atoms with E-state index in [9.17, 15) is 13.2 Å². The van der Waals surface area contributed by atoms with Crippen LogP contribution < -0.4 is 0 Å². The number of esters is 1. The number of benzene rings is 1. The second-order valence-electron chi connectivity index (χ2n) is 9.23. The van der Waals surface area contributed by atoms with Crippen molar-refractivity contribution in [2.75, 3.05) is 26.0 Å². The molecule has 29 heavy (non-hydrogen) atoms. The third kappa shape index (κ3) is 6.13. The molecule has 6 nitrogen and oxygen atoms in total. The highest BCUT2D eigenvalue weighted by molar-refractivity contribution is 7.91. The number of ether oxygens (including phenoxy) is 1. The van der Waals surface area contributed by atoms with Gasteiger partial charge in [0.1, 0.15) is 0 Å². The minimum atomic E-state index is -3.47. The zero-order valence-corrected chi connectivity index (χ0v) is 20.3. The maximum atomic E-state index is 13.1. The number of likely N-dealkylation sites (tertiary alicyclic amines) is 1. The zero-order chi connectivity index (χ0) is 21.9. The van der Waals surface area contributed by atoms with Gasteiger partial charge < -0.3 is 9.16 Å². The van der Waals surface area contributed by atoms with Gasteiger partial charge in [0.25, 0.3) is 0 Å². The lowest BCUT2D eigenvalue weighted by Crippen LogP contribution is -2.49. The molecule has 2 atom stereocenters. The molecule has 1 fully saturated rings. The molecule has 0 aromatic heterocycles. The Morgan fingerprint density at radius 2 is 1.83 bits per heavy atom. The Bertz CT molecular complexity index is 789. The molecule has 0 saturated carbocycles. The molecule has 0 N–H and O–H groups in total. The van der Waals surface area contributed by atoms with E-state index >= 15 is 0 Å². The molecule has 1 aliphatic heterocycles. The van der Waals surface area contributed by atoms with Crippen molar-refractivity contribution < 1.29 is 22.4 Å². The van der Waals surface area contributed by atoms with E-state index in [2.05, 4.69) is 38.8 Å². The standard InChI is InChI=1S/C21H35NO5SSi/c1-21(2,3)29(5,6)27-19-12-14-22(15-13-20(23)26-4)18(19)16-28(24,25)17-10-8-7-9-11-17/h7-11,18-19H,12-16H2,1-6H3/t18-,19-/m1/s1. The maximum Gasteiger partial charge on any atom is 0.306 e. The second-order valence-corrected chi connectivity index (χ2v) is 16.0. The molecule has 1 saturated heterocycles.